The summed E-state index contributed by atoms with van der Waals surface area (Å²) in [6.45, 7) is 2.91. The van der Waals surface area contributed by atoms with E-state index >= 15 is 0 Å². The predicted molar refractivity (Wildman–Crippen MR) is 114 cm³/mol. The zero-order valence-corrected chi connectivity index (χ0v) is 18.3. The van der Waals surface area contributed by atoms with Gasteiger partial charge in [0.25, 0.3) is 5.91 Å². The van der Waals surface area contributed by atoms with Gasteiger partial charge < -0.3 is 5.32 Å². The lowest BCUT2D eigenvalue weighted by Crippen LogP contribution is -2.45. The minimum Gasteiger partial charge on any atom is -0.352 e. The molecule has 0 spiro atoms. The molecule has 2 aromatic rings. The zero-order valence-electron chi connectivity index (χ0n) is 15.9. The van der Waals surface area contributed by atoms with Crippen molar-refractivity contribution in [3.8, 4) is 0 Å². The van der Waals surface area contributed by atoms with Crippen LogP contribution in [-0.2, 0) is 10.0 Å². The number of hydrogen-bond donors (Lipinski definition) is 1. The summed E-state index contributed by atoms with van der Waals surface area (Å²) in [6, 6.07) is 14.1. The van der Waals surface area contributed by atoms with Gasteiger partial charge in [0, 0.05) is 29.2 Å². The van der Waals surface area contributed by atoms with E-state index in [-0.39, 0.29) is 11.9 Å². The predicted octanol–water partition coefficient (Wildman–Crippen LogP) is 4.12. The van der Waals surface area contributed by atoms with E-state index in [9.17, 15) is 13.2 Å². The number of amides is 1. The Labute approximate surface area is 175 Å². The van der Waals surface area contributed by atoms with Crippen molar-refractivity contribution in [1.29, 1.82) is 0 Å². The van der Waals surface area contributed by atoms with E-state index < -0.39 is 10.0 Å². The van der Waals surface area contributed by atoms with Crippen LogP contribution < -0.4 is 5.32 Å². The van der Waals surface area contributed by atoms with Gasteiger partial charge in [0.05, 0.1) is 4.90 Å². The summed E-state index contributed by atoms with van der Waals surface area (Å²) in [5.74, 6) is -0.148. The van der Waals surface area contributed by atoms with Gasteiger partial charge in [0.2, 0.25) is 10.0 Å². The molecule has 150 valence electrons. The second-order valence-corrected chi connectivity index (χ2v) is 9.94. The molecule has 1 heterocycles. The van der Waals surface area contributed by atoms with Crippen LogP contribution in [0.5, 0.6) is 0 Å². The van der Waals surface area contributed by atoms with Crippen molar-refractivity contribution in [2.75, 3.05) is 13.1 Å². The molecule has 1 fully saturated rings. The highest BCUT2D eigenvalue weighted by Gasteiger charge is 2.33. The number of carbonyl (C=O) groups excluding carboxylic acids is 1. The topological polar surface area (TPSA) is 66.5 Å². The van der Waals surface area contributed by atoms with Crippen LogP contribution in [0.3, 0.4) is 0 Å². The van der Waals surface area contributed by atoms with Crippen LogP contribution in [-0.4, -0.2) is 37.8 Å². The van der Waals surface area contributed by atoms with Crippen molar-refractivity contribution >= 4 is 31.9 Å². The molecule has 0 aliphatic carbocycles. The third-order valence-corrected chi connectivity index (χ3v) is 7.51. The Morgan fingerprint density at radius 1 is 1.18 bits per heavy atom. The Hall–Kier alpha value is -1.70. The molecule has 5 nitrogen and oxygen atoms in total. The summed E-state index contributed by atoms with van der Waals surface area (Å²) in [6.07, 6.45) is 3.29. The van der Waals surface area contributed by atoms with Crippen molar-refractivity contribution in [3.63, 3.8) is 0 Å². The average molecular weight is 465 g/mol. The number of piperidine rings is 1. The first-order valence-corrected chi connectivity index (χ1v) is 11.7. The fraction of sp³-hybridized carbons (Fsp3) is 0.381. The normalized spacial score (nSPS) is 18.0. The van der Waals surface area contributed by atoms with Crippen LogP contribution in [0.25, 0.3) is 0 Å². The maximum absolute atomic E-state index is 13.1. The van der Waals surface area contributed by atoms with E-state index in [2.05, 4.69) is 21.2 Å². The standard InChI is InChI=1S/C21H25BrN2O3S/c1-16-8-10-20(11-9-16)28(26,27)24-14-3-2-7-19(24)12-13-23-21(25)17-5-4-6-18(22)15-17/h4-6,8-11,15,19H,2-3,7,12-14H2,1H3,(H,23,25). The number of nitrogens with zero attached hydrogens (tertiary/aromatic N) is 1. The summed E-state index contributed by atoms with van der Waals surface area (Å²) in [5.41, 5.74) is 1.62. The molecule has 0 bridgehead atoms. The molecular weight excluding hydrogens is 440 g/mol. The Kier molecular flexibility index (Phi) is 6.91. The first-order valence-electron chi connectivity index (χ1n) is 9.50. The van der Waals surface area contributed by atoms with Crippen LogP contribution in [0.2, 0.25) is 0 Å². The summed E-state index contributed by atoms with van der Waals surface area (Å²) >= 11 is 3.36. The van der Waals surface area contributed by atoms with E-state index in [1.807, 2.05) is 31.2 Å². The number of rotatable bonds is 6. The molecule has 1 atom stereocenters. The molecule has 1 aliphatic rings. The van der Waals surface area contributed by atoms with Crippen molar-refractivity contribution < 1.29 is 13.2 Å². The second kappa shape index (κ2) is 9.20. The van der Waals surface area contributed by atoms with Gasteiger partial charge in [-0.3, -0.25) is 4.79 Å². The van der Waals surface area contributed by atoms with Crippen LogP contribution in [0.1, 0.15) is 41.6 Å². The van der Waals surface area contributed by atoms with E-state index in [4.69, 9.17) is 0 Å². The lowest BCUT2D eigenvalue weighted by molar-refractivity contribution is 0.0949. The second-order valence-electron chi connectivity index (χ2n) is 7.13. The number of benzene rings is 2. The summed E-state index contributed by atoms with van der Waals surface area (Å²) < 4.78 is 28.7. The van der Waals surface area contributed by atoms with Crippen LogP contribution >= 0.6 is 15.9 Å². The fourth-order valence-corrected chi connectivity index (χ4v) is 5.63. The third-order valence-electron chi connectivity index (χ3n) is 5.05. The Bertz CT molecular complexity index is 929. The van der Waals surface area contributed by atoms with Crippen LogP contribution in [0.15, 0.2) is 57.9 Å². The number of nitrogens with one attached hydrogen (secondary N) is 1. The SMILES string of the molecule is Cc1ccc(S(=O)(=O)N2CCCCC2CCNC(=O)c2cccc(Br)c2)cc1. The Morgan fingerprint density at radius 2 is 1.93 bits per heavy atom. The lowest BCUT2D eigenvalue weighted by atomic mass is 10.0. The van der Waals surface area contributed by atoms with Gasteiger partial charge >= 0.3 is 0 Å². The minimum absolute atomic E-state index is 0.0946. The molecule has 28 heavy (non-hydrogen) atoms. The van der Waals surface area contributed by atoms with Gasteiger partial charge in [-0.15, -0.1) is 0 Å². The maximum atomic E-state index is 13.1. The number of aryl methyl sites for hydroxylation is 1. The van der Waals surface area contributed by atoms with Gasteiger partial charge in [0.15, 0.2) is 0 Å². The highest BCUT2D eigenvalue weighted by Crippen LogP contribution is 2.27. The molecule has 7 heteroatoms. The minimum atomic E-state index is -3.52. The maximum Gasteiger partial charge on any atom is 0.251 e. The lowest BCUT2D eigenvalue weighted by Gasteiger charge is -2.34. The van der Waals surface area contributed by atoms with E-state index in [0.29, 0.717) is 30.0 Å². The van der Waals surface area contributed by atoms with Gasteiger partial charge in [-0.1, -0.05) is 46.1 Å². The van der Waals surface area contributed by atoms with E-state index in [1.165, 1.54) is 0 Å². The van der Waals surface area contributed by atoms with Crippen molar-refractivity contribution in [3.05, 3.63) is 64.1 Å². The molecule has 0 radical (unpaired) electrons. The number of carbonyl (C=O) groups is 1. The molecule has 2 aromatic carbocycles. The molecule has 1 unspecified atom stereocenters. The van der Waals surface area contributed by atoms with Crippen LogP contribution in [0.4, 0.5) is 0 Å². The van der Waals surface area contributed by atoms with Crippen molar-refractivity contribution in [2.45, 2.75) is 43.5 Å². The Morgan fingerprint density at radius 3 is 2.64 bits per heavy atom. The molecular formula is C21H25BrN2O3S. The first-order chi connectivity index (χ1) is 13.4. The smallest absolute Gasteiger partial charge is 0.251 e. The monoisotopic (exact) mass is 464 g/mol. The highest BCUT2D eigenvalue weighted by molar-refractivity contribution is 9.10. The third kappa shape index (κ3) is 5.01. The zero-order chi connectivity index (χ0) is 20.1. The molecule has 1 aliphatic heterocycles. The quantitative estimate of drug-likeness (QED) is 0.698. The molecule has 1 N–H and O–H groups in total. The molecule has 1 saturated heterocycles. The summed E-state index contributed by atoms with van der Waals surface area (Å²) in [4.78, 5) is 12.6. The Balaban J connectivity index is 1.65. The molecule has 3 rings (SSSR count). The van der Waals surface area contributed by atoms with Crippen molar-refractivity contribution in [2.24, 2.45) is 0 Å². The van der Waals surface area contributed by atoms with Gasteiger partial charge in [-0.25, -0.2) is 8.42 Å². The van der Waals surface area contributed by atoms with Gasteiger partial charge in [-0.05, 0) is 56.5 Å². The van der Waals surface area contributed by atoms with Crippen LogP contribution in [0, 0.1) is 6.92 Å². The van der Waals surface area contributed by atoms with Gasteiger partial charge in [0.1, 0.15) is 0 Å². The number of hydrogen-bond acceptors (Lipinski definition) is 3. The molecule has 0 aromatic heterocycles. The highest BCUT2D eigenvalue weighted by atomic mass is 79.9. The molecule has 1 amide bonds. The summed E-state index contributed by atoms with van der Waals surface area (Å²) in [7, 11) is -3.52. The van der Waals surface area contributed by atoms with Crippen molar-refractivity contribution in [1.82, 2.24) is 9.62 Å². The molecule has 0 saturated carbocycles. The van der Waals surface area contributed by atoms with E-state index in [1.54, 1.807) is 28.6 Å². The number of halogens is 1. The fourth-order valence-electron chi connectivity index (χ4n) is 3.51. The first kappa shape index (κ1) is 21.0. The number of sulfonamides is 1. The average Bonchev–Trinajstić information content (AvgIpc) is 2.68. The van der Waals surface area contributed by atoms with E-state index in [0.717, 1.165) is 29.3 Å². The largest absolute Gasteiger partial charge is 0.352 e. The van der Waals surface area contributed by atoms with Gasteiger partial charge in [-0.2, -0.15) is 4.31 Å². The summed E-state index contributed by atoms with van der Waals surface area (Å²) in [5, 5.41) is 2.91.